The number of nitrogens with zero attached hydrogens (tertiary/aromatic N) is 1. The van der Waals surface area contributed by atoms with Crippen LogP contribution >= 0.6 is 0 Å². The number of rotatable bonds is 4. The molecule has 2 aliphatic rings. The first kappa shape index (κ1) is 17.6. The van der Waals surface area contributed by atoms with Gasteiger partial charge in [-0.15, -0.1) is 0 Å². The van der Waals surface area contributed by atoms with Crippen LogP contribution in [0.15, 0.2) is 48.5 Å². The van der Waals surface area contributed by atoms with Crippen molar-refractivity contribution in [1.29, 1.82) is 0 Å². The van der Waals surface area contributed by atoms with Crippen molar-refractivity contribution in [3.05, 3.63) is 59.7 Å². The van der Waals surface area contributed by atoms with Crippen molar-refractivity contribution in [1.82, 2.24) is 4.90 Å². The first-order chi connectivity index (χ1) is 13.2. The molecule has 2 amide bonds. The molecule has 0 bridgehead atoms. The van der Waals surface area contributed by atoms with Gasteiger partial charge >= 0.3 is 0 Å². The molecule has 2 aromatic rings. The van der Waals surface area contributed by atoms with Gasteiger partial charge in [-0.1, -0.05) is 37.3 Å². The maximum absolute atomic E-state index is 13.2. The van der Waals surface area contributed by atoms with Crippen molar-refractivity contribution in [3.8, 4) is 5.75 Å². The van der Waals surface area contributed by atoms with Gasteiger partial charge < -0.3 is 15.0 Å². The Hall–Kier alpha value is -2.82. The summed E-state index contributed by atoms with van der Waals surface area (Å²) in [6.07, 6.45) is 3.03. The molecule has 5 heteroatoms. The predicted molar refractivity (Wildman–Crippen MR) is 104 cm³/mol. The smallest absolute Gasteiger partial charge is 0.262 e. The Morgan fingerprint density at radius 2 is 2.07 bits per heavy atom. The van der Waals surface area contributed by atoms with Crippen LogP contribution < -0.4 is 10.1 Å². The quantitative estimate of drug-likeness (QED) is 0.897. The summed E-state index contributed by atoms with van der Waals surface area (Å²) in [4.78, 5) is 26.8. The van der Waals surface area contributed by atoms with Crippen molar-refractivity contribution in [2.75, 3.05) is 18.5 Å². The van der Waals surface area contributed by atoms with Crippen LogP contribution in [0.1, 0.15) is 48.0 Å². The maximum atomic E-state index is 13.2. The molecule has 5 nitrogen and oxygen atoms in total. The Labute approximate surface area is 159 Å². The highest BCUT2D eigenvalue weighted by atomic mass is 16.5. The molecule has 2 heterocycles. The number of anilines is 1. The number of fused-ring (bicyclic) bond motifs is 1. The average Bonchev–Trinajstić information content (AvgIpc) is 3.17. The van der Waals surface area contributed by atoms with Gasteiger partial charge in [0.25, 0.3) is 11.8 Å². The predicted octanol–water partition coefficient (Wildman–Crippen LogP) is 3.82. The highest BCUT2D eigenvalue weighted by Gasteiger charge is 2.35. The Morgan fingerprint density at radius 1 is 1.26 bits per heavy atom. The number of hydrogen-bond donors (Lipinski definition) is 1. The van der Waals surface area contributed by atoms with Gasteiger partial charge in [-0.3, -0.25) is 9.59 Å². The molecular weight excluding hydrogens is 340 g/mol. The van der Waals surface area contributed by atoms with Crippen molar-refractivity contribution in [2.45, 2.75) is 38.1 Å². The minimum absolute atomic E-state index is 0.0176. The van der Waals surface area contributed by atoms with Crippen LogP contribution in [0.2, 0.25) is 0 Å². The lowest BCUT2D eigenvalue weighted by Gasteiger charge is -2.32. The van der Waals surface area contributed by atoms with E-state index in [1.54, 1.807) is 18.2 Å². The number of hydrogen-bond acceptors (Lipinski definition) is 3. The Morgan fingerprint density at radius 3 is 2.85 bits per heavy atom. The lowest BCUT2D eigenvalue weighted by Crippen LogP contribution is -2.39. The van der Waals surface area contributed by atoms with E-state index in [0.717, 1.165) is 25.8 Å². The van der Waals surface area contributed by atoms with Crippen LogP contribution in [-0.4, -0.2) is 35.9 Å². The topological polar surface area (TPSA) is 58.6 Å². The highest BCUT2D eigenvalue weighted by Crippen LogP contribution is 2.35. The number of amides is 2. The maximum Gasteiger partial charge on any atom is 0.262 e. The van der Waals surface area contributed by atoms with E-state index in [1.807, 2.05) is 11.0 Å². The molecule has 0 aromatic heterocycles. The number of carbonyl (C=O) groups is 2. The lowest BCUT2D eigenvalue weighted by atomic mass is 9.87. The molecule has 0 saturated carbocycles. The van der Waals surface area contributed by atoms with Crippen molar-refractivity contribution < 1.29 is 14.3 Å². The third-order valence-electron chi connectivity index (χ3n) is 5.55. The van der Waals surface area contributed by atoms with Gasteiger partial charge in [0.05, 0.1) is 5.69 Å². The summed E-state index contributed by atoms with van der Waals surface area (Å²) in [6, 6.07) is 15.9. The monoisotopic (exact) mass is 364 g/mol. The Kier molecular flexibility index (Phi) is 4.84. The molecule has 1 fully saturated rings. The van der Waals surface area contributed by atoms with Gasteiger partial charge in [0.2, 0.25) is 0 Å². The van der Waals surface area contributed by atoms with E-state index in [-0.39, 0.29) is 24.5 Å². The number of likely N-dealkylation sites (tertiary alicyclic amines) is 1. The number of carbonyl (C=O) groups excluding carboxylic acids is 2. The van der Waals surface area contributed by atoms with E-state index >= 15 is 0 Å². The summed E-state index contributed by atoms with van der Waals surface area (Å²) in [7, 11) is 0. The third kappa shape index (κ3) is 3.42. The molecule has 4 rings (SSSR count). The zero-order chi connectivity index (χ0) is 18.8. The molecule has 27 heavy (non-hydrogen) atoms. The van der Waals surface area contributed by atoms with Gasteiger partial charge in [0, 0.05) is 24.1 Å². The molecule has 2 atom stereocenters. The molecule has 0 spiro atoms. The Bertz CT molecular complexity index is 850. The van der Waals surface area contributed by atoms with E-state index in [2.05, 4.69) is 36.5 Å². The second-order valence-corrected chi connectivity index (χ2v) is 7.18. The van der Waals surface area contributed by atoms with E-state index in [1.165, 1.54) is 5.56 Å². The highest BCUT2D eigenvalue weighted by molar-refractivity contribution is 6.00. The van der Waals surface area contributed by atoms with Crippen LogP contribution in [-0.2, 0) is 4.79 Å². The number of nitrogens with one attached hydrogen (secondary N) is 1. The number of ether oxygens (including phenoxy) is 1. The van der Waals surface area contributed by atoms with E-state index in [9.17, 15) is 9.59 Å². The van der Waals surface area contributed by atoms with E-state index in [4.69, 9.17) is 4.74 Å². The minimum atomic E-state index is -0.193. The molecular formula is C22H24N2O3. The van der Waals surface area contributed by atoms with Crippen LogP contribution in [0.4, 0.5) is 5.69 Å². The zero-order valence-electron chi connectivity index (χ0n) is 15.5. The molecule has 0 aliphatic carbocycles. The average molecular weight is 364 g/mol. The molecule has 0 radical (unpaired) electrons. The molecule has 2 aliphatic heterocycles. The molecule has 0 unspecified atom stereocenters. The summed E-state index contributed by atoms with van der Waals surface area (Å²) in [5.74, 6) is 0.772. The van der Waals surface area contributed by atoms with Crippen LogP contribution in [0.3, 0.4) is 0 Å². The SMILES string of the molecule is CC[C@@H](c1ccccc1)[C@H]1CCCN1C(=O)c1ccc2c(c1)NC(=O)CO2. The van der Waals surface area contributed by atoms with E-state index < -0.39 is 0 Å². The standard InChI is InChI=1S/C22H24N2O3/c1-2-17(15-7-4-3-5-8-15)19-9-6-12-24(19)22(26)16-10-11-20-18(13-16)23-21(25)14-27-20/h3-5,7-8,10-11,13,17,19H,2,6,9,12,14H2,1H3,(H,23,25)/t17-,19+/m0/s1. The Balaban J connectivity index is 1.59. The van der Waals surface area contributed by atoms with Crippen molar-refractivity contribution >= 4 is 17.5 Å². The summed E-state index contributed by atoms with van der Waals surface area (Å²) >= 11 is 0. The minimum Gasteiger partial charge on any atom is -0.482 e. The second kappa shape index (κ2) is 7.43. The zero-order valence-corrected chi connectivity index (χ0v) is 15.5. The largest absolute Gasteiger partial charge is 0.482 e. The molecule has 140 valence electrons. The third-order valence-corrected chi connectivity index (χ3v) is 5.55. The summed E-state index contributed by atoms with van der Waals surface area (Å²) < 4.78 is 5.39. The van der Waals surface area contributed by atoms with Gasteiger partial charge in [-0.05, 0) is 43.0 Å². The normalized spacial score (nSPS) is 19.8. The summed E-state index contributed by atoms with van der Waals surface area (Å²) in [5, 5.41) is 2.78. The molecule has 2 aromatic carbocycles. The molecule has 1 N–H and O–H groups in total. The number of benzene rings is 2. The van der Waals surface area contributed by atoms with Gasteiger partial charge in [-0.25, -0.2) is 0 Å². The van der Waals surface area contributed by atoms with Crippen molar-refractivity contribution in [2.24, 2.45) is 0 Å². The fourth-order valence-corrected chi connectivity index (χ4v) is 4.28. The van der Waals surface area contributed by atoms with Gasteiger partial charge in [0.1, 0.15) is 5.75 Å². The van der Waals surface area contributed by atoms with Crippen LogP contribution in [0, 0.1) is 0 Å². The van der Waals surface area contributed by atoms with E-state index in [0.29, 0.717) is 22.9 Å². The summed E-state index contributed by atoms with van der Waals surface area (Å²) in [6.45, 7) is 2.97. The summed E-state index contributed by atoms with van der Waals surface area (Å²) in [5.41, 5.74) is 2.45. The fourth-order valence-electron chi connectivity index (χ4n) is 4.28. The molecule has 1 saturated heterocycles. The lowest BCUT2D eigenvalue weighted by molar-refractivity contribution is -0.118. The van der Waals surface area contributed by atoms with Gasteiger partial charge in [-0.2, -0.15) is 0 Å². The van der Waals surface area contributed by atoms with Crippen molar-refractivity contribution in [3.63, 3.8) is 0 Å². The first-order valence-electron chi connectivity index (χ1n) is 9.60. The second-order valence-electron chi connectivity index (χ2n) is 7.18. The van der Waals surface area contributed by atoms with Crippen LogP contribution in [0.5, 0.6) is 5.75 Å². The van der Waals surface area contributed by atoms with Crippen LogP contribution in [0.25, 0.3) is 0 Å². The fraction of sp³-hybridized carbons (Fsp3) is 0.364. The first-order valence-corrected chi connectivity index (χ1v) is 9.60. The van der Waals surface area contributed by atoms with Gasteiger partial charge in [0.15, 0.2) is 6.61 Å².